The predicted molar refractivity (Wildman–Crippen MR) is 251 cm³/mol. The highest BCUT2D eigenvalue weighted by atomic mass is 19.2. The first-order valence-electron chi connectivity index (χ1n) is 20.9. The van der Waals surface area contributed by atoms with Crippen LogP contribution in [0.5, 0.6) is 0 Å². The fourth-order valence-electron chi connectivity index (χ4n) is 9.62. The number of rotatable bonds is 7. The second kappa shape index (κ2) is 14.7. The Bertz CT molecular complexity index is 3410. The summed E-state index contributed by atoms with van der Waals surface area (Å²) in [6.07, 6.45) is 0. The quantitative estimate of drug-likeness (QED) is 0.117. The van der Waals surface area contributed by atoms with Gasteiger partial charge < -0.3 is 9.80 Å². The van der Waals surface area contributed by atoms with Crippen LogP contribution < -0.4 is 9.80 Å². The number of benzene rings is 10. The summed E-state index contributed by atoms with van der Waals surface area (Å²) in [6.45, 7) is 4.21. The van der Waals surface area contributed by atoms with Gasteiger partial charge in [0, 0.05) is 33.2 Å². The van der Waals surface area contributed by atoms with Crippen LogP contribution in [0.15, 0.2) is 194 Å². The van der Waals surface area contributed by atoms with Gasteiger partial charge in [0.1, 0.15) is 5.69 Å². The lowest BCUT2D eigenvalue weighted by Gasteiger charge is -2.30. The number of hydrogen-bond acceptors (Lipinski definition) is 2. The molecule has 0 fully saturated rings. The zero-order valence-electron chi connectivity index (χ0n) is 34.4. The van der Waals surface area contributed by atoms with E-state index in [9.17, 15) is 0 Å². The van der Waals surface area contributed by atoms with Gasteiger partial charge in [0.15, 0.2) is 23.3 Å². The normalized spacial score (nSPS) is 12.7. The molecule has 0 saturated carbocycles. The number of fused-ring (bicyclic) bond motifs is 6. The number of anilines is 6. The van der Waals surface area contributed by atoms with E-state index in [2.05, 4.69) is 55.1 Å². The SMILES string of the molecule is CC1(C)c2ccccc2-c2ccc(N(c3c(F)c(F)c(-c4ccc(N(c5ccc6ccccc6c5)c5cccc6ccccc56)cc4)c(F)c3F)c3cccc4ccccc34)cc21. The lowest BCUT2D eigenvalue weighted by atomic mass is 9.82. The molecule has 0 aromatic heterocycles. The van der Waals surface area contributed by atoms with E-state index >= 15 is 17.6 Å². The van der Waals surface area contributed by atoms with Crippen LogP contribution in [0.3, 0.4) is 0 Å². The lowest BCUT2D eigenvalue weighted by molar-refractivity contribution is 0.461. The molecule has 0 amide bonds. The number of nitrogens with zero attached hydrogens (tertiary/aromatic N) is 2. The van der Waals surface area contributed by atoms with Crippen molar-refractivity contribution in [2.45, 2.75) is 19.3 Å². The van der Waals surface area contributed by atoms with Crippen molar-refractivity contribution in [1.82, 2.24) is 0 Å². The van der Waals surface area contributed by atoms with E-state index in [1.807, 2.05) is 115 Å². The first-order valence-corrected chi connectivity index (χ1v) is 20.9. The summed E-state index contributed by atoms with van der Waals surface area (Å²) in [5, 5.41) is 5.62. The maximum atomic E-state index is 17.1. The fraction of sp³-hybridized carbons (Fsp3) is 0.0526. The summed E-state index contributed by atoms with van der Waals surface area (Å²) >= 11 is 0. The molecule has 0 heterocycles. The molecule has 0 spiro atoms. The van der Waals surface area contributed by atoms with Crippen molar-refractivity contribution in [1.29, 1.82) is 0 Å². The van der Waals surface area contributed by atoms with Crippen LogP contribution in [0.4, 0.5) is 51.7 Å². The van der Waals surface area contributed by atoms with Crippen LogP contribution in [0.25, 0.3) is 54.6 Å². The van der Waals surface area contributed by atoms with E-state index in [1.54, 1.807) is 30.3 Å². The maximum absolute atomic E-state index is 17.1. The molecule has 1 aliphatic rings. The largest absolute Gasteiger partial charge is 0.310 e. The molecule has 1 aliphatic carbocycles. The van der Waals surface area contributed by atoms with Crippen LogP contribution in [0.1, 0.15) is 25.0 Å². The molecule has 6 heteroatoms. The van der Waals surface area contributed by atoms with Gasteiger partial charge in [0.2, 0.25) is 0 Å². The van der Waals surface area contributed by atoms with E-state index in [4.69, 9.17) is 0 Å². The van der Waals surface area contributed by atoms with Crippen molar-refractivity contribution in [3.8, 4) is 22.3 Å². The fourth-order valence-corrected chi connectivity index (χ4v) is 9.62. The molecular weight excluding hydrogens is 789 g/mol. The summed E-state index contributed by atoms with van der Waals surface area (Å²) in [5.74, 6) is -5.98. The van der Waals surface area contributed by atoms with Crippen LogP contribution >= 0.6 is 0 Å². The summed E-state index contributed by atoms with van der Waals surface area (Å²) in [7, 11) is 0. The van der Waals surface area contributed by atoms with Crippen molar-refractivity contribution in [3.63, 3.8) is 0 Å². The van der Waals surface area contributed by atoms with Gasteiger partial charge in [-0.05, 0) is 97.9 Å². The third-order valence-electron chi connectivity index (χ3n) is 12.7. The Labute approximate surface area is 362 Å². The van der Waals surface area contributed by atoms with Gasteiger partial charge in [-0.1, -0.05) is 159 Å². The molecule has 0 N–H and O–H groups in total. The summed E-state index contributed by atoms with van der Waals surface area (Å²) in [6, 6.07) is 61.4. The summed E-state index contributed by atoms with van der Waals surface area (Å²) < 4.78 is 68.1. The van der Waals surface area contributed by atoms with E-state index in [-0.39, 0.29) is 5.56 Å². The minimum absolute atomic E-state index is 0.0109. The maximum Gasteiger partial charge on any atom is 0.186 e. The second-order valence-electron chi connectivity index (χ2n) is 16.6. The van der Waals surface area contributed by atoms with Gasteiger partial charge in [-0.25, -0.2) is 17.6 Å². The Morgan fingerprint density at radius 2 is 0.857 bits per heavy atom. The van der Waals surface area contributed by atoms with Crippen molar-refractivity contribution in [3.05, 3.63) is 229 Å². The third kappa shape index (κ3) is 6.08. The average Bonchev–Trinajstić information content (AvgIpc) is 3.55. The molecule has 304 valence electrons. The molecule has 11 rings (SSSR count). The van der Waals surface area contributed by atoms with Gasteiger partial charge in [0.05, 0.1) is 16.9 Å². The molecular formula is C57H38F4N2. The lowest BCUT2D eigenvalue weighted by Crippen LogP contribution is -2.19. The highest BCUT2D eigenvalue weighted by Gasteiger charge is 2.37. The van der Waals surface area contributed by atoms with Crippen LogP contribution in [0, 0.1) is 23.3 Å². The van der Waals surface area contributed by atoms with Crippen molar-refractivity contribution >= 4 is 66.4 Å². The highest BCUT2D eigenvalue weighted by molar-refractivity contribution is 6.01. The van der Waals surface area contributed by atoms with Crippen LogP contribution in [-0.2, 0) is 5.41 Å². The second-order valence-corrected chi connectivity index (χ2v) is 16.6. The van der Waals surface area contributed by atoms with Gasteiger partial charge in [-0.2, -0.15) is 0 Å². The smallest absolute Gasteiger partial charge is 0.186 e. The molecule has 0 bridgehead atoms. The van der Waals surface area contributed by atoms with Gasteiger partial charge in [0.25, 0.3) is 0 Å². The minimum Gasteiger partial charge on any atom is -0.310 e. The average molecular weight is 827 g/mol. The first kappa shape index (κ1) is 38.2. The Morgan fingerprint density at radius 1 is 0.365 bits per heavy atom. The number of halogens is 4. The first-order chi connectivity index (χ1) is 30.7. The summed E-state index contributed by atoms with van der Waals surface area (Å²) in [4.78, 5) is 3.39. The van der Waals surface area contributed by atoms with Crippen molar-refractivity contribution in [2.24, 2.45) is 0 Å². The molecule has 2 nitrogen and oxygen atoms in total. The van der Waals surface area contributed by atoms with E-state index in [1.165, 1.54) is 17.0 Å². The minimum atomic E-state index is -1.50. The molecule has 10 aromatic carbocycles. The standard InChI is InChI=1S/C57H38F4N2/c1-57(2)47-22-10-9-21-45(47)46-32-31-42(34-48(46)57)63(50-24-12-18-37-15-6-8-20-44(37)50)56-54(60)52(58)51(53(59)55(56)61)38-26-28-40(29-27-38)62(41-30-25-35-13-3-4-16-39(35)33-41)49-23-11-17-36-14-5-7-19-43(36)49/h3-34H,1-2H3. The van der Waals surface area contributed by atoms with E-state index in [0.29, 0.717) is 22.4 Å². The number of hydrogen-bond donors (Lipinski definition) is 0. The zero-order valence-corrected chi connectivity index (χ0v) is 34.4. The van der Waals surface area contributed by atoms with Crippen LogP contribution in [0.2, 0.25) is 0 Å². The molecule has 63 heavy (non-hydrogen) atoms. The van der Waals surface area contributed by atoms with Crippen molar-refractivity contribution in [2.75, 3.05) is 9.80 Å². The van der Waals surface area contributed by atoms with E-state index in [0.717, 1.165) is 60.6 Å². The Balaban J connectivity index is 1.06. The Kier molecular flexibility index (Phi) is 8.95. The predicted octanol–water partition coefficient (Wildman–Crippen LogP) is 16.6. The highest BCUT2D eigenvalue weighted by Crippen LogP contribution is 2.52. The zero-order chi connectivity index (χ0) is 43.0. The van der Waals surface area contributed by atoms with Gasteiger partial charge in [-0.3, -0.25) is 0 Å². The Morgan fingerprint density at radius 3 is 1.52 bits per heavy atom. The van der Waals surface area contributed by atoms with E-state index < -0.39 is 39.9 Å². The monoisotopic (exact) mass is 826 g/mol. The molecule has 10 aromatic rings. The molecule has 0 atom stereocenters. The topological polar surface area (TPSA) is 6.48 Å². The third-order valence-corrected chi connectivity index (χ3v) is 12.7. The molecule has 0 unspecified atom stereocenters. The van der Waals surface area contributed by atoms with Crippen molar-refractivity contribution < 1.29 is 17.6 Å². The molecule has 0 radical (unpaired) electrons. The van der Waals surface area contributed by atoms with Gasteiger partial charge >= 0.3 is 0 Å². The van der Waals surface area contributed by atoms with Gasteiger partial charge in [-0.15, -0.1) is 0 Å². The molecule has 0 saturated heterocycles. The molecule has 0 aliphatic heterocycles. The summed E-state index contributed by atoms with van der Waals surface area (Å²) in [5.41, 5.74) is 5.22. The Hall–Kier alpha value is -7.70. The van der Waals surface area contributed by atoms with Crippen LogP contribution in [-0.4, -0.2) is 0 Å².